The van der Waals surface area contributed by atoms with Gasteiger partial charge >= 0.3 is 5.97 Å². The topological polar surface area (TPSA) is 55.4 Å². The third-order valence-electron chi connectivity index (χ3n) is 4.05. The van der Waals surface area contributed by atoms with Crippen molar-refractivity contribution in [1.29, 1.82) is 0 Å². The molecule has 0 fully saturated rings. The minimum atomic E-state index is -0.611. The fraction of sp³-hybridized carbons (Fsp3) is 0.0909. The van der Waals surface area contributed by atoms with Gasteiger partial charge < -0.3 is 10.1 Å². The van der Waals surface area contributed by atoms with Crippen LogP contribution in [0.4, 0.5) is 5.69 Å². The summed E-state index contributed by atoms with van der Waals surface area (Å²) in [6, 6.07) is 23.3. The van der Waals surface area contributed by atoms with Crippen molar-refractivity contribution in [3.05, 3.63) is 100 Å². The van der Waals surface area contributed by atoms with Gasteiger partial charge in [0.25, 0.3) is 5.91 Å². The third-order valence-corrected chi connectivity index (χ3v) is 4.79. The van der Waals surface area contributed by atoms with Gasteiger partial charge in [-0.3, -0.25) is 9.59 Å². The Morgan fingerprint density at radius 2 is 1.39 bits per heavy atom. The summed E-state index contributed by atoms with van der Waals surface area (Å²) in [4.78, 5) is 24.9. The Balaban J connectivity index is 1.68. The van der Waals surface area contributed by atoms with E-state index in [1.165, 1.54) is 6.07 Å². The molecule has 0 aliphatic carbocycles. The second-order valence-corrected chi connectivity index (χ2v) is 6.85. The van der Waals surface area contributed by atoms with E-state index in [2.05, 4.69) is 5.32 Å². The zero-order valence-electron chi connectivity index (χ0n) is 14.8. The molecule has 0 aliphatic rings. The fourth-order valence-electron chi connectivity index (χ4n) is 2.75. The molecule has 0 atom stereocenters. The van der Waals surface area contributed by atoms with Gasteiger partial charge in [-0.15, -0.1) is 0 Å². The van der Waals surface area contributed by atoms with Crippen LogP contribution < -0.4 is 5.32 Å². The van der Waals surface area contributed by atoms with Crippen molar-refractivity contribution < 1.29 is 14.3 Å². The first-order valence-electron chi connectivity index (χ1n) is 8.56. The summed E-state index contributed by atoms with van der Waals surface area (Å²) < 4.78 is 5.29. The minimum Gasteiger partial charge on any atom is -0.455 e. The summed E-state index contributed by atoms with van der Waals surface area (Å²) in [5, 5.41) is 3.34. The molecule has 0 aliphatic heterocycles. The second-order valence-electron chi connectivity index (χ2n) is 6.04. The van der Waals surface area contributed by atoms with Gasteiger partial charge in [-0.25, -0.2) is 0 Å². The maximum Gasteiger partial charge on any atom is 0.318 e. The summed E-state index contributed by atoms with van der Waals surface area (Å²) >= 11 is 11.8. The fourth-order valence-corrected chi connectivity index (χ4v) is 3.04. The van der Waals surface area contributed by atoms with Crippen molar-refractivity contribution in [1.82, 2.24) is 0 Å². The first kappa shape index (κ1) is 19.9. The van der Waals surface area contributed by atoms with E-state index < -0.39 is 24.4 Å². The molecule has 1 N–H and O–H groups in total. The number of ether oxygens (including phenoxy) is 1. The standard InChI is InChI=1S/C22H17Cl2NO3/c23-18-12-11-17(13-19(18)24)25-20(26)14-28-22(27)21(15-7-3-1-4-8-15)16-9-5-2-6-10-16/h1-13,21H,14H2,(H,25,26). The molecule has 0 saturated carbocycles. The van der Waals surface area contributed by atoms with Crippen LogP contribution in [-0.2, 0) is 14.3 Å². The van der Waals surface area contributed by atoms with E-state index in [4.69, 9.17) is 27.9 Å². The van der Waals surface area contributed by atoms with Crippen LogP contribution >= 0.6 is 23.2 Å². The first-order valence-corrected chi connectivity index (χ1v) is 9.31. The number of rotatable bonds is 6. The highest BCUT2D eigenvalue weighted by Crippen LogP contribution is 2.26. The Labute approximate surface area is 173 Å². The molecule has 1 amide bonds. The van der Waals surface area contributed by atoms with Crippen molar-refractivity contribution in [3.8, 4) is 0 Å². The molecule has 0 aromatic heterocycles. The Kier molecular flexibility index (Phi) is 6.69. The van der Waals surface area contributed by atoms with Crippen LogP contribution in [0.2, 0.25) is 10.0 Å². The average molecular weight is 414 g/mol. The number of hydrogen-bond acceptors (Lipinski definition) is 3. The number of carbonyl (C=O) groups excluding carboxylic acids is 2. The Morgan fingerprint density at radius 1 is 0.821 bits per heavy atom. The number of amides is 1. The van der Waals surface area contributed by atoms with Crippen LogP contribution in [0, 0.1) is 0 Å². The average Bonchev–Trinajstić information content (AvgIpc) is 2.71. The van der Waals surface area contributed by atoms with Crippen molar-refractivity contribution in [2.24, 2.45) is 0 Å². The van der Waals surface area contributed by atoms with Crippen molar-refractivity contribution in [3.63, 3.8) is 0 Å². The Hall–Kier alpha value is -2.82. The molecule has 0 heterocycles. The smallest absolute Gasteiger partial charge is 0.318 e. The molecular weight excluding hydrogens is 397 g/mol. The van der Waals surface area contributed by atoms with E-state index >= 15 is 0 Å². The maximum atomic E-state index is 12.8. The monoisotopic (exact) mass is 413 g/mol. The molecule has 3 rings (SSSR count). The lowest BCUT2D eigenvalue weighted by Crippen LogP contribution is -2.24. The van der Waals surface area contributed by atoms with E-state index in [-0.39, 0.29) is 0 Å². The third kappa shape index (κ3) is 5.12. The van der Waals surface area contributed by atoms with Crippen LogP contribution in [0.5, 0.6) is 0 Å². The van der Waals surface area contributed by atoms with Gasteiger partial charge in [-0.1, -0.05) is 83.9 Å². The Bertz CT molecular complexity index is 923. The van der Waals surface area contributed by atoms with Crippen LogP contribution in [0.3, 0.4) is 0 Å². The SMILES string of the molecule is O=C(COC(=O)C(c1ccccc1)c1ccccc1)Nc1ccc(Cl)c(Cl)c1. The van der Waals surface area contributed by atoms with Crippen molar-refractivity contribution in [2.75, 3.05) is 11.9 Å². The number of nitrogens with one attached hydrogen (secondary N) is 1. The quantitative estimate of drug-likeness (QED) is 0.557. The number of hydrogen-bond donors (Lipinski definition) is 1. The number of benzene rings is 3. The molecule has 6 heteroatoms. The zero-order chi connectivity index (χ0) is 19.9. The Morgan fingerprint density at radius 3 is 1.93 bits per heavy atom. The molecule has 142 valence electrons. The lowest BCUT2D eigenvalue weighted by molar-refractivity contribution is -0.147. The largest absolute Gasteiger partial charge is 0.455 e. The number of anilines is 1. The van der Waals surface area contributed by atoms with Crippen molar-refractivity contribution in [2.45, 2.75) is 5.92 Å². The lowest BCUT2D eigenvalue weighted by Gasteiger charge is -2.17. The highest BCUT2D eigenvalue weighted by Gasteiger charge is 2.24. The van der Waals surface area contributed by atoms with E-state index in [9.17, 15) is 9.59 Å². The highest BCUT2D eigenvalue weighted by molar-refractivity contribution is 6.42. The predicted molar refractivity (Wildman–Crippen MR) is 111 cm³/mol. The molecule has 3 aromatic rings. The molecule has 3 aromatic carbocycles. The van der Waals surface area contributed by atoms with E-state index in [0.717, 1.165) is 11.1 Å². The van der Waals surface area contributed by atoms with Gasteiger partial charge in [0.05, 0.1) is 10.0 Å². The van der Waals surface area contributed by atoms with E-state index in [1.807, 2.05) is 60.7 Å². The first-order chi connectivity index (χ1) is 13.5. The molecule has 0 unspecified atom stereocenters. The highest BCUT2D eigenvalue weighted by atomic mass is 35.5. The van der Waals surface area contributed by atoms with E-state index in [1.54, 1.807) is 12.1 Å². The molecular formula is C22H17Cl2NO3. The summed E-state index contributed by atoms with van der Waals surface area (Å²) in [5.74, 6) is -1.58. The van der Waals surface area contributed by atoms with Gasteiger partial charge in [0, 0.05) is 5.69 Å². The minimum absolute atomic E-state index is 0.324. The normalized spacial score (nSPS) is 10.5. The van der Waals surface area contributed by atoms with Gasteiger partial charge in [-0.2, -0.15) is 0 Å². The summed E-state index contributed by atoms with van der Waals surface area (Å²) in [6.45, 7) is -0.407. The molecule has 0 bridgehead atoms. The zero-order valence-corrected chi connectivity index (χ0v) is 16.3. The van der Waals surface area contributed by atoms with Gasteiger partial charge in [-0.05, 0) is 29.3 Å². The van der Waals surface area contributed by atoms with Crippen LogP contribution in [0.1, 0.15) is 17.0 Å². The lowest BCUT2D eigenvalue weighted by atomic mass is 9.91. The van der Waals surface area contributed by atoms with E-state index in [0.29, 0.717) is 15.7 Å². The van der Waals surface area contributed by atoms with Gasteiger partial charge in [0.1, 0.15) is 5.92 Å². The second kappa shape index (κ2) is 9.40. The number of halogens is 2. The summed E-state index contributed by atoms with van der Waals surface area (Å²) in [7, 11) is 0. The molecule has 4 nitrogen and oxygen atoms in total. The van der Waals surface area contributed by atoms with Crippen LogP contribution in [-0.4, -0.2) is 18.5 Å². The van der Waals surface area contributed by atoms with Crippen LogP contribution in [0.15, 0.2) is 78.9 Å². The predicted octanol–water partition coefficient (Wildman–Crippen LogP) is 5.31. The number of esters is 1. The summed E-state index contributed by atoms with van der Waals surface area (Å²) in [6.07, 6.45) is 0. The number of carbonyl (C=O) groups is 2. The molecule has 0 saturated heterocycles. The van der Waals surface area contributed by atoms with Gasteiger partial charge in [0.15, 0.2) is 6.61 Å². The molecule has 28 heavy (non-hydrogen) atoms. The summed E-state index contributed by atoms with van der Waals surface area (Å²) in [5.41, 5.74) is 2.06. The molecule has 0 radical (unpaired) electrons. The van der Waals surface area contributed by atoms with Gasteiger partial charge in [0.2, 0.25) is 0 Å². The van der Waals surface area contributed by atoms with Crippen LogP contribution in [0.25, 0.3) is 0 Å². The molecule has 0 spiro atoms. The van der Waals surface area contributed by atoms with Crippen molar-refractivity contribution >= 4 is 40.8 Å². The maximum absolute atomic E-state index is 12.8.